The quantitative estimate of drug-likeness (QED) is 0.835. The predicted molar refractivity (Wildman–Crippen MR) is 104 cm³/mol. The zero-order valence-electron chi connectivity index (χ0n) is 16.5. The number of rotatable bonds is 5. The van der Waals surface area contributed by atoms with Crippen LogP contribution in [0.5, 0.6) is 0 Å². The number of aryl methyl sites for hydroxylation is 1. The van der Waals surface area contributed by atoms with Crippen LogP contribution < -0.4 is 5.32 Å². The molecule has 0 saturated heterocycles. The molecule has 0 spiro atoms. The number of carbonyl (C=O) groups is 1. The van der Waals surface area contributed by atoms with Gasteiger partial charge in [0.05, 0.1) is 11.0 Å². The van der Waals surface area contributed by atoms with E-state index in [-0.39, 0.29) is 16.7 Å². The van der Waals surface area contributed by atoms with E-state index in [0.29, 0.717) is 24.8 Å². The molecule has 4 aliphatic carbocycles. The molecule has 2 atom stereocenters. The molecule has 4 aliphatic rings. The zero-order chi connectivity index (χ0) is 18.6. The lowest BCUT2D eigenvalue weighted by atomic mass is 9.42. The standard InChI is InChI=1S/C23H33NO2/c1-16-4-6-19(7-5-16)22-11-17-10-18(12-22)14-23(13-17,15-22)20(25)24-9-8-21(2,3)26/h4-7,17-18,26H,8-15H2,1-3H3,(H,24,25). The van der Waals surface area contributed by atoms with Gasteiger partial charge in [0.2, 0.25) is 5.91 Å². The van der Waals surface area contributed by atoms with Gasteiger partial charge in [0, 0.05) is 6.54 Å². The highest BCUT2D eigenvalue weighted by Crippen LogP contribution is 2.65. The van der Waals surface area contributed by atoms with Gasteiger partial charge < -0.3 is 10.4 Å². The number of amides is 1. The van der Waals surface area contributed by atoms with Gasteiger partial charge in [0.25, 0.3) is 0 Å². The van der Waals surface area contributed by atoms with Gasteiger partial charge in [-0.15, -0.1) is 0 Å². The minimum absolute atomic E-state index is 0.186. The summed E-state index contributed by atoms with van der Waals surface area (Å²) in [6.45, 7) is 6.31. The van der Waals surface area contributed by atoms with Crippen LogP contribution in [0.2, 0.25) is 0 Å². The Morgan fingerprint density at radius 3 is 2.35 bits per heavy atom. The fraction of sp³-hybridized carbons (Fsp3) is 0.696. The Labute approximate surface area is 157 Å². The molecule has 1 amide bonds. The van der Waals surface area contributed by atoms with Crippen LogP contribution in [0, 0.1) is 24.2 Å². The molecular weight excluding hydrogens is 322 g/mol. The lowest BCUT2D eigenvalue weighted by Crippen LogP contribution is -2.59. The Bertz CT molecular complexity index is 671. The van der Waals surface area contributed by atoms with E-state index in [1.54, 1.807) is 13.8 Å². The molecule has 3 heteroatoms. The van der Waals surface area contributed by atoms with Crippen molar-refractivity contribution in [2.45, 2.75) is 76.7 Å². The third-order valence-electron chi connectivity index (χ3n) is 7.23. The molecule has 26 heavy (non-hydrogen) atoms. The van der Waals surface area contributed by atoms with Crippen molar-refractivity contribution in [3.05, 3.63) is 35.4 Å². The van der Waals surface area contributed by atoms with Gasteiger partial charge in [-0.1, -0.05) is 29.8 Å². The summed E-state index contributed by atoms with van der Waals surface area (Å²) in [5.41, 5.74) is 2.04. The van der Waals surface area contributed by atoms with E-state index in [0.717, 1.165) is 19.3 Å². The van der Waals surface area contributed by atoms with Gasteiger partial charge in [-0.3, -0.25) is 4.79 Å². The van der Waals surface area contributed by atoms with E-state index in [1.165, 1.54) is 30.4 Å². The number of hydrogen-bond acceptors (Lipinski definition) is 2. The first-order valence-corrected chi connectivity index (χ1v) is 10.3. The summed E-state index contributed by atoms with van der Waals surface area (Å²) in [5.74, 6) is 1.63. The molecule has 0 aliphatic heterocycles. The van der Waals surface area contributed by atoms with Crippen LogP contribution in [0.1, 0.15) is 69.9 Å². The van der Waals surface area contributed by atoms with E-state index in [2.05, 4.69) is 36.5 Å². The summed E-state index contributed by atoms with van der Waals surface area (Å²) in [7, 11) is 0. The lowest BCUT2D eigenvalue weighted by molar-refractivity contribution is -0.149. The summed E-state index contributed by atoms with van der Waals surface area (Å²) in [6, 6.07) is 9.07. The van der Waals surface area contributed by atoms with Crippen molar-refractivity contribution >= 4 is 5.91 Å². The molecular formula is C23H33NO2. The third kappa shape index (κ3) is 3.19. The van der Waals surface area contributed by atoms with Crippen molar-refractivity contribution in [3.8, 4) is 0 Å². The van der Waals surface area contributed by atoms with Crippen molar-refractivity contribution < 1.29 is 9.90 Å². The molecule has 4 saturated carbocycles. The maximum absolute atomic E-state index is 13.2. The molecule has 1 aromatic carbocycles. The van der Waals surface area contributed by atoms with Crippen LogP contribution >= 0.6 is 0 Å². The molecule has 2 unspecified atom stereocenters. The van der Waals surface area contributed by atoms with E-state index in [4.69, 9.17) is 0 Å². The maximum atomic E-state index is 13.2. The smallest absolute Gasteiger partial charge is 0.226 e. The largest absolute Gasteiger partial charge is 0.390 e. The fourth-order valence-electron chi connectivity index (χ4n) is 6.44. The van der Waals surface area contributed by atoms with Gasteiger partial charge in [-0.25, -0.2) is 0 Å². The van der Waals surface area contributed by atoms with Crippen LogP contribution in [-0.4, -0.2) is 23.2 Å². The minimum Gasteiger partial charge on any atom is -0.390 e. The summed E-state index contributed by atoms with van der Waals surface area (Å²) in [5, 5.41) is 13.1. The summed E-state index contributed by atoms with van der Waals surface area (Å²) in [4.78, 5) is 13.2. The van der Waals surface area contributed by atoms with E-state index in [9.17, 15) is 9.90 Å². The van der Waals surface area contributed by atoms with Crippen molar-refractivity contribution in [1.82, 2.24) is 5.32 Å². The summed E-state index contributed by atoms with van der Waals surface area (Å²) < 4.78 is 0. The van der Waals surface area contributed by atoms with Crippen LogP contribution in [-0.2, 0) is 10.2 Å². The Kier molecular flexibility index (Phi) is 4.22. The van der Waals surface area contributed by atoms with Crippen molar-refractivity contribution in [1.29, 1.82) is 0 Å². The lowest BCUT2D eigenvalue weighted by Gasteiger charge is -2.61. The molecule has 1 aromatic rings. The number of nitrogens with one attached hydrogen (secondary N) is 1. The molecule has 0 heterocycles. The van der Waals surface area contributed by atoms with Crippen molar-refractivity contribution in [2.24, 2.45) is 17.3 Å². The Morgan fingerprint density at radius 1 is 1.15 bits per heavy atom. The average Bonchev–Trinajstić information content (AvgIpc) is 2.52. The van der Waals surface area contributed by atoms with Crippen molar-refractivity contribution in [3.63, 3.8) is 0 Å². The second-order valence-corrected chi connectivity index (χ2v) is 10.2. The highest BCUT2D eigenvalue weighted by Gasteiger charge is 2.60. The summed E-state index contributed by atoms with van der Waals surface area (Å²) in [6.07, 6.45) is 7.55. The van der Waals surface area contributed by atoms with Crippen LogP contribution in [0.25, 0.3) is 0 Å². The first-order chi connectivity index (χ1) is 12.2. The highest BCUT2D eigenvalue weighted by atomic mass is 16.3. The van der Waals surface area contributed by atoms with Gasteiger partial charge in [-0.2, -0.15) is 0 Å². The normalized spacial score (nSPS) is 35.5. The second kappa shape index (κ2) is 6.09. The molecule has 0 radical (unpaired) electrons. The van der Waals surface area contributed by atoms with Gasteiger partial charge >= 0.3 is 0 Å². The molecule has 3 nitrogen and oxygen atoms in total. The molecule has 4 fully saturated rings. The third-order valence-corrected chi connectivity index (χ3v) is 7.23. The number of benzene rings is 1. The van der Waals surface area contributed by atoms with Gasteiger partial charge in [-0.05, 0) is 88.5 Å². The van der Waals surface area contributed by atoms with Crippen molar-refractivity contribution in [2.75, 3.05) is 6.54 Å². The first kappa shape index (κ1) is 18.0. The fourth-order valence-corrected chi connectivity index (χ4v) is 6.44. The summed E-state index contributed by atoms with van der Waals surface area (Å²) >= 11 is 0. The molecule has 5 rings (SSSR count). The maximum Gasteiger partial charge on any atom is 0.226 e. The SMILES string of the molecule is Cc1ccc(C23CC4CC(CC(C(=O)NCCC(C)(C)O)(C4)C2)C3)cc1. The van der Waals surface area contributed by atoms with E-state index < -0.39 is 5.60 Å². The Hall–Kier alpha value is -1.35. The molecule has 4 bridgehead atoms. The first-order valence-electron chi connectivity index (χ1n) is 10.3. The van der Waals surface area contributed by atoms with Gasteiger partial charge in [0.1, 0.15) is 0 Å². The van der Waals surface area contributed by atoms with Crippen LogP contribution in [0.3, 0.4) is 0 Å². The molecule has 142 valence electrons. The number of aliphatic hydroxyl groups is 1. The Balaban J connectivity index is 1.56. The minimum atomic E-state index is -0.724. The van der Waals surface area contributed by atoms with E-state index >= 15 is 0 Å². The van der Waals surface area contributed by atoms with Gasteiger partial charge in [0.15, 0.2) is 0 Å². The van der Waals surface area contributed by atoms with E-state index in [1.807, 2.05) is 0 Å². The number of carbonyl (C=O) groups excluding carboxylic acids is 1. The molecule has 2 N–H and O–H groups in total. The monoisotopic (exact) mass is 355 g/mol. The highest BCUT2D eigenvalue weighted by molar-refractivity contribution is 5.83. The Morgan fingerprint density at radius 2 is 1.77 bits per heavy atom. The number of hydrogen-bond donors (Lipinski definition) is 2. The predicted octanol–water partition coefficient (Wildman–Crippen LogP) is 4.11. The van der Waals surface area contributed by atoms with Crippen LogP contribution in [0.15, 0.2) is 24.3 Å². The average molecular weight is 356 g/mol. The second-order valence-electron chi connectivity index (χ2n) is 10.2. The van der Waals surface area contributed by atoms with Crippen LogP contribution in [0.4, 0.5) is 0 Å². The zero-order valence-corrected chi connectivity index (χ0v) is 16.5. The topological polar surface area (TPSA) is 49.3 Å². The molecule has 0 aromatic heterocycles.